The molecule has 0 heterocycles. The first-order chi connectivity index (χ1) is 14.3. The molecule has 0 aliphatic carbocycles. The van der Waals surface area contributed by atoms with Gasteiger partial charge >= 0.3 is 5.97 Å². The van der Waals surface area contributed by atoms with Crippen LogP contribution in [-0.2, 0) is 19.1 Å². The van der Waals surface area contributed by atoms with E-state index in [-0.39, 0.29) is 19.1 Å². The summed E-state index contributed by atoms with van der Waals surface area (Å²) in [5.41, 5.74) is 0. The number of carbonyl (C=O) groups excluding carboxylic acids is 3. The van der Waals surface area contributed by atoms with Crippen LogP contribution in [0, 0.1) is 5.92 Å². The van der Waals surface area contributed by atoms with E-state index in [1.54, 1.807) is 6.92 Å². The summed E-state index contributed by atoms with van der Waals surface area (Å²) in [5.74, 6) is -0.593. The fraction of sp³-hybridized carbons (Fsp3) is 0.870. The summed E-state index contributed by atoms with van der Waals surface area (Å²) in [5, 5.41) is 14.0. The summed E-state index contributed by atoms with van der Waals surface area (Å²) in [6.07, 6.45) is 8.06. The Morgan fingerprint density at radius 3 is 1.87 bits per heavy atom. The Bertz CT molecular complexity index is 412. The van der Waals surface area contributed by atoms with Crippen LogP contribution >= 0.6 is 0 Å². The van der Waals surface area contributed by atoms with Gasteiger partial charge in [0, 0.05) is 6.42 Å². The average molecular weight is 433 g/mol. The molecule has 180 valence electrons. The van der Waals surface area contributed by atoms with Crippen LogP contribution in [0.1, 0.15) is 99.8 Å². The molecule has 0 aromatic carbocycles. The zero-order valence-corrected chi connectivity index (χ0v) is 20.5. The van der Waals surface area contributed by atoms with Crippen LogP contribution in [-0.4, -0.2) is 48.7 Å². The van der Waals surface area contributed by atoms with Crippen molar-refractivity contribution >= 4 is 17.8 Å². The molecule has 7 heteroatoms. The van der Waals surface area contributed by atoms with Crippen molar-refractivity contribution in [3.63, 3.8) is 0 Å². The van der Waals surface area contributed by atoms with Crippen molar-refractivity contribution < 1.29 is 24.2 Å². The predicted molar refractivity (Wildman–Crippen MR) is 123 cm³/mol. The minimum atomic E-state index is -1.04. The summed E-state index contributed by atoms with van der Waals surface area (Å²) in [7, 11) is 0. The molecule has 0 spiro atoms. The quantitative estimate of drug-likeness (QED) is 0.284. The van der Waals surface area contributed by atoms with Gasteiger partial charge in [-0.2, -0.15) is 0 Å². The molecule has 0 fully saturated rings. The number of ether oxygens (including phenoxy) is 1. The van der Waals surface area contributed by atoms with Gasteiger partial charge in [-0.25, -0.2) is 0 Å². The average Bonchev–Trinajstić information content (AvgIpc) is 2.71. The van der Waals surface area contributed by atoms with Crippen LogP contribution in [0.5, 0.6) is 0 Å². The molecule has 0 rings (SSSR count). The van der Waals surface area contributed by atoms with Crippen molar-refractivity contribution in [2.45, 2.75) is 106 Å². The number of hydrogen-bond donors (Lipinski definition) is 3. The van der Waals surface area contributed by atoms with Crippen molar-refractivity contribution in [1.82, 2.24) is 10.6 Å². The fourth-order valence-corrected chi connectivity index (χ4v) is 2.20. The minimum Gasteiger partial charge on any atom is -0.465 e. The first-order valence-corrected chi connectivity index (χ1v) is 11.6. The number of amides is 2. The molecule has 2 amide bonds. The molecule has 0 aromatic rings. The minimum absolute atomic E-state index is 0.229. The summed E-state index contributed by atoms with van der Waals surface area (Å²) in [6, 6.07) is -1.04. The van der Waals surface area contributed by atoms with Gasteiger partial charge < -0.3 is 20.5 Å². The van der Waals surface area contributed by atoms with Gasteiger partial charge in [0.2, 0.25) is 11.8 Å². The van der Waals surface area contributed by atoms with Crippen LogP contribution in [0.3, 0.4) is 0 Å². The van der Waals surface area contributed by atoms with Crippen LogP contribution in [0.25, 0.3) is 0 Å². The van der Waals surface area contributed by atoms with Gasteiger partial charge in [0.25, 0.3) is 0 Å². The Labute approximate surface area is 184 Å². The largest absolute Gasteiger partial charge is 0.465 e. The van der Waals surface area contributed by atoms with E-state index in [1.807, 2.05) is 13.8 Å². The molecule has 7 nitrogen and oxygen atoms in total. The predicted octanol–water partition coefficient (Wildman–Crippen LogP) is 3.97. The maximum Gasteiger partial charge on any atom is 0.325 e. The number of carbonyl (C=O) groups is 3. The zero-order valence-electron chi connectivity index (χ0n) is 20.5. The van der Waals surface area contributed by atoms with E-state index in [9.17, 15) is 19.5 Å². The lowest BCUT2D eigenvalue weighted by Gasteiger charge is -2.16. The second kappa shape index (κ2) is 25.4. The van der Waals surface area contributed by atoms with Gasteiger partial charge in [0.15, 0.2) is 0 Å². The van der Waals surface area contributed by atoms with Crippen molar-refractivity contribution in [2.75, 3.05) is 19.8 Å². The van der Waals surface area contributed by atoms with E-state index >= 15 is 0 Å². The van der Waals surface area contributed by atoms with Gasteiger partial charge in [0.05, 0.1) is 13.2 Å². The van der Waals surface area contributed by atoms with E-state index in [0.717, 1.165) is 25.2 Å². The maximum absolute atomic E-state index is 11.8. The lowest BCUT2D eigenvalue weighted by Crippen LogP contribution is -2.50. The summed E-state index contributed by atoms with van der Waals surface area (Å²) in [4.78, 5) is 34.8. The van der Waals surface area contributed by atoms with Crippen molar-refractivity contribution in [3.05, 3.63) is 0 Å². The molecular formula is C23H48N2O5. The molecule has 3 N–H and O–H groups in total. The highest BCUT2D eigenvalue weighted by Gasteiger charge is 2.20. The molecule has 1 atom stereocenters. The third-order valence-electron chi connectivity index (χ3n) is 3.55. The number of aliphatic hydroxyl groups excluding tert-OH is 1. The van der Waals surface area contributed by atoms with Gasteiger partial charge in [-0.15, -0.1) is 0 Å². The Kier molecular flexibility index (Phi) is 28.0. The van der Waals surface area contributed by atoms with Gasteiger partial charge in [-0.05, 0) is 19.3 Å². The number of nitrogens with one attached hydrogen (secondary N) is 2. The first kappa shape index (κ1) is 33.0. The highest BCUT2D eigenvalue weighted by Crippen LogP contribution is 2.08. The highest BCUT2D eigenvalue weighted by molar-refractivity contribution is 5.89. The van der Waals surface area contributed by atoms with Crippen molar-refractivity contribution in [2.24, 2.45) is 5.92 Å². The van der Waals surface area contributed by atoms with E-state index < -0.39 is 24.5 Å². The van der Waals surface area contributed by atoms with Crippen molar-refractivity contribution in [1.29, 1.82) is 0 Å². The smallest absolute Gasteiger partial charge is 0.325 e. The van der Waals surface area contributed by atoms with Gasteiger partial charge in [-0.1, -0.05) is 80.1 Å². The van der Waals surface area contributed by atoms with Crippen LogP contribution in [0.4, 0.5) is 0 Å². The van der Waals surface area contributed by atoms with Crippen molar-refractivity contribution in [3.8, 4) is 0 Å². The normalized spacial score (nSPS) is 10.7. The fourth-order valence-electron chi connectivity index (χ4n) is 2.20. The number of esters is 1. The van der Waals surface area contributed by atoms with E-state index in [0.29, 0.717) is 6.42 Å². The summed E-state index contributed by atoms with van der Waals surface area (Å²) in [6.45, 7) is 13.8. The van der Waals surface area contributed by atoms with E-state index in [2.05, 4.69) is 43.1 Å². The lowest BCUT2D eigenvalue weighted by molar-refractivity contribution is -0.143. The molecule has 1 unspecified atom stereocenters. The summed E-state index contributed by atoms with van der Waals surface area (Å²) < 4.78 is 4.68. The Hall–Kier alpha value is -1.63. The lowest BCUT2D eigenvalue weighted by atomic mass is 10.1. The standard InChI is InChI=1S/C17H32N2O5.C4H10.C2H6/c1-3-5-6-7-8-9-10-11-15(21)19-14(13-20)17(23)18-12-16(22)24-4-2;1-4(2)3;1-2/h14,20H,3-13H2,1-2H3,(H,18,23)(H,19,21);4H,1-3H3;1-2H3. The second-order valence-electron chi connectivity index (χ2n) is 7.43. The molecular weight excluding hydrogens is 384 g/mol. The van der Waals surface area contributed by atoms with Gasteiger partial charge in [-0.3, -0.25) is 14.4 Å². The molecule has 0 saturated heterocycles. The highest BCUT2D eigenvalue weighted by atomic mass is 16.5. The second-order valence-corrected chi connectivity index (χ2v) is 7.43. The number of hydrogen-bond acceptors (Lipinski definition) is 5. The number of rotatable bonds is 14. The van der Waals surface area contributed by atoms with Crippen LogP contribution < -0.4 is 10.6 Å². The number of aliphatic hydroxyl groups is 1. The molecule has 0 aliphatic heterocycles. The zero-order chi connectivity index (χ0) is 23.8. The van der Waals surface area contributed by atoms with Gasteiger partial charge in [0.1, 0.15) is 12.6 Å². The Morgan fingerprint density at radius 2 is 1.40 bits per heavy atom. The van der Waals surface area contributed by atoms with Crippen LogP contribution in [0.15, 0.2) is 0 Å². The monoisotopic (exact) mass is 432 g/mol. The Morgan fingerprint density at radius 1 is 0.900 bits per heavy atom. The van der Waals surface area contributed by atoms with Crippen LogP contribution in [0.2, 0.25) is 0 Å². The summed E-state index contributed by atoms with van der Waals surface area (Å²) >= 11 is 0. The third-order valence-corrected chi connectivity index (χ3v) is 3.55. The third kappa shape index (κ3) is 26.4. The molecule has 0 aliphatic rings. The molecule has 0 aromatic heterocycles. The van der Waals surface area contributed by atoms with E-state index in [1.165, 1.54) is 25.7 Å². The maximum atomic E-state index is 11.8. The SMILES string of the molecule is CC.CC(C)C.CCCCCCCCCC(=O)NC(CO)C(=O)NCC(=O)OCC. The molecule has 0 bridgehead atoms. The molecule has 0 radical (unpaired) electrons. The number of unbranched alkanes of at least 4 members (excludes halogenated alkanes) is 6. The molecule has 0 saturated carbocycles. The topological polar surface area (TPSA) is 105 Å². The first-order valence-electron chi connectivity index (χ1n) is 11.6. The van der Waals surface area contributed by atoms with E-state index in [4.69, 9.17) is 0 Å². The molecule has 30 heavy (non-hydrogen) atoms. The Balaban J connectivity index is -0.00000108.